The fraction of sp³-hybridized carbons (Fsp3) is 0.917. The third-order valence-electron chi connectivity index (χ3n) is 4.84. The zero-order chi connectivity index (χ0) is 12.3. The van der Waals surface area contributed by atoms with E-state index in [1.807, 2.05) is 0 Å². The lowest BCUT2D eigenvalue weighted by Crippen LogP contribution is -2.61. The van der Waals surface area contributed by atoms with Gasteiger partial charge in [0.2, 0.25) is 0 Å². The summed E-state index contributed by atoms with van der Waals surface area (Å²) < 4.78 is 32.0. The van der Waals surface area contributed by atoms with E-state index in [9.17, 15) is 18.7 Å². The Balaban J connectivity index is 1.95. The molecule has 5 heteroatoms. The molecule has 0 spiro atoms. The maximum atomic E-state index is 14.0. The topological polar surface area (TPSA) is 46.5 Å². The van der Waals surface area contributed by atoms with Crippen LogP contribution in [0.2, 0.25) is 0 Å². The molecule has 0 radical (unpaired) electrons. The van der Waals surface area contributed by atoms with E-state index in [-0.39, 0.29) is 24.7 Å². The van der Waals surface area contributed by atoms with Crippen LogP contribution in [0.15, 0.2) is 0 Å². The van der Waals surface area contributed by atoms with Crippen LogP contribution in [-0.4, -0.2) is 23.3 Å². The monoisotopic (exact) mass is 246 g/mol. The maximum Gasteiger partial charge on any atom is 0.405 e. The molecule has 0 saturated heterocycles. The highest BCUT2D eigenvalue weighted by atomic mass is 19.3. The number of hydrogen-bond acceptors (Lipinski definition) is 3. The molecule has 4 bridgehead atoms. The number of ether oxygens (including phenoxy) is 1. The summed E-state index contributed by atoms with van der Waals surface area (Å²) in [5.74, 6) is 0.310. The molecule has 4 saturated carbocycles. The summed E-state index contributed by atoms with van der Waals surface area (Å²) in [5, 5.41) is 10.3. The maximum absolute atomic E-state index is 14.0. The number of alkyl halides is 2. The molecule has 0 aliphatic heterocycles. The van der Waals surface area contributed by atoms with Gasteiger partial charge in [-0.05, 0) is 50.4 Å². The molecule has 1 N–H and O–H groups in total. The minimum Gasteiger partial charge on any atom is -0.403 e. The van der Waals surface area contributed by atoms with E-state index in [0.717, 1.165) is 6.42 Å². The van der Waals surface area contributed by atoms with Crippen LogP contribution in [0, 0.1) is 17.3 Å². The van der Waals surface area contributed by atoms with Gasteiger partial charge >= 0.3 is 6.11 Å². The van der Waals surface area contributed by atoms with Crippen LogP contribution in [-0.2, 0) is 9.53 Å². The highest BCUT2D eigenvalue weighted by Gasteiger charge is 2.67. The SMILES string of the molecule is O=COC(F)(F)C12CC3CC(CC(O)(C3)C1)C2. The average Bonchev–Trinajstić information content (AvgIpc) is 2.12. The van der Waals surface area contributed by atoms with Gasteiger partial charge in [-0.3, -0.25) is 4.79 Å². The van der Waals surface area contributed by atoms with Crippen LogP contribution in [0.1, 0.15) is 38.5 Å². The number of aliphatic hydroxyl groups is 1. The van der Waals surface area contributed by atoms with Crippen LogP contribution in [0.25, 0.3) is 0 Å². The lowest BCUT2D eigenvalue weighted by atomic mass is 9.47. The summed E-state index contributed by atoms with van der Waals surface area (Å²) in [7, 11) is 0. The predicted molar refractivity (Wildman–Crippen MR) is 54.2 cm³/mol. The molecule has 0 aromatic rings. The molecule has 96 valence electrons. The van der Waals surface area contributed by atoms with E-state index >= 15 is 0 Å². The third kappa shape index (κ3) is 1.51. The Hall–Kier alpha value is -0.710. The first kappa shape index (κ1) is 11.4. The second-order valence-corrected chi connectivity index (χ2v) is 6.20. The number of hydrogen-bond donors (Lipinski definition) is 1. The van der Waals surface area contributed by atoms with Crippen LogP contribution in [0.3, 0.4) is 0 Å². The lowest BCUT2D eigenvalue weighted by molar-refractivity contribution is -0.332. The van der Waals surface area contributed by atoms with E-state index in [0.29, 0.717) is 25.7 Å². The van der Waals surface area contributed by atoms with Gasteiger partial charge in [-0.2, -0.15) is 8.78 Å². The Morgan fingerprint density at radius 2 is 1.82 bits per heavy atom. The zero-order valence-corrected chi connectivity index (χ0v) is 9.49. The van der Waals surface area contributed by atoms with Gasteiger partial charge in [-0.15, -0.1) is 0 Å². The van der Waals surface area contributed by atoms with Crippen molar-refractivity contribution < 1.29 is 23.4 Å². The summed E-state index contributed by atoms with van der Waals surface area (Å²) in [6.07, 6.45) is -0.459. The highest BCUT2D eigenvalue weighted by molar-refractivity contribution is 5.38. The van der Waals surface area contributed by atoms with Crippen molar-refractivity contribution in [1.82, 2.24) is 0 Å². The smallest absolute Gasteiger partial charge is 0.403 e. The van der Waals surface area contributed by atoms with Crippen LogP contribution in [0.4, 0.5) is 8.78 Å². The van der Waals surface area contributed by atoms with Crippen molar-refractivity contribution in [2.75, 3.05) is 0 Å². The number of carbonyl (C=O) groups excluding carboxylic acids is 1. The Labute approximate surface area is 98.1 Å². The normalized spacial score (nSPS) is 48.2. The van der Waals surface area contributed by atoms with Crippen LogP contribution < -0.4 is 0 Å². The van der Waals surface area contributed by atoms with E-state index in [2.05, 4.69) is 4.74 Å². The Bertz CT molecular complexity index is 342. The van der Waals surface area contributed by atoms with Gasteiger partial charge in [0, 0.05) is 0 Å². The van der Waals surface area contributed by atoms with Gasteiger partial charge in [0.05, 0.1) is 11.0 Å². The Morgan fingerprint density at radius 1 is 1.24 bits per heavy atom. The molecule has 0 aromatic carbocycles. The van der Waals surface area contributed by atoms with Crippen molar-refractivity contribution in [2.45, 2.75) is 50.2 Å². The predicted octanol–water partition coefficient (Wildman–Crippen LogP) is 2.08. The molecule has 2 atom stereocenters. The minimum absolute atomic E-state index is 0.0633. The molecular formula is C12H16F2O3. The molecule has 4 rings (SSSR count). The van der Waals surface area contributed by atoms with Gasteiger partial charge in [0.15, 0.2) is 0 Å². The van der Waals surface area contributed by atoms with E-state index in [1.54, 1.807) is 0 Å². The van der Waals surface area contributed by atoms with Gasteiger partial charge in [0.1, 0.15) is 0 Å². The van der Waals surface area contributed by atoms with Crippen molar-refractivity contribution >= 4 is 6.47 Å². The fourth-order valence-electron chi connectivity index (χ4n) is 4.74. The number of rotatable bonds is 3. The fourth-order valence-corrected chi connectivity index (χ4v) is 4.74. The lowest BCUT2D eigenvalue weighted by Gasteiger charge is -2.60. The van der Waals surface area contributed by atoms with Gasteiger partial charge < -0.3 is 9.84 Å². The van der Waals surface area contributed by atoms with Gasteiger partial charge in [-0.1, -0.05) is 0 Å². The van der Waals surface area contributed by atoms with Crippen molar-refractivity contribution in [2.24, 2.45) is 17.3 Å². The summed E-state index contributed by atoms with van der Waals surface area (Å²) in [6.45, 7) is -0.178. The quantitative estimate of drug-likeness (QED) is 0.775. The summed E-state index contributed by atoms with van der Waals surface area (Å²) in [5.41, 5.74) is -2.29. The molecule has 0 aromatic heterocycles. The first-order chi connectivity index (χ1) is 7.88. The standard InChI is InChI=1S/C12H16F2O3/c13-12(14,17-7-15)10-2-8-1-9(3-10)5-11(16,4-8)6-10/h7-9,16H,1-6H2. The second kappa shape index (κ2) is 3.19. The van der Waals surface area contributed by atoms with E-state index < -0.39 is 17.1 Å². The number of halogens is 2. The molecule has 4 aliphatic carbocycles. The molecular weight excluding hydrogens is 230 g/mol. The van der Waals surface area contributed by atoms with Gasteiger partial charge in [-0.25, -0.2) is 0 Å². The highest BCUT2D eigenvalue weighted by Crippen LogP contribution is 2.66. The van der Waals surface area contributed by atoms with Crippen molar-refractivity contribution in [3.05, 3.63) is 0 Å². The molecule has 2 unspecified atom stereocenters. The second-order valence-electron chi connectivity index (χ2n) is 6.20. The Kier molecular flexibility index (Phi) is 2.14. The van der Waals surface area contributed by atoms with Crippen molar-refractivity contribution in [3.63, 3.8) is 0 Å². The summed E-state index contributed by atoms with van der Waals surface area (Å²) in [6, 6.07) is 0. The van der Waals surface area contributed by atoms with Crippen molar-refractivity contribution in [3.8, 4) is 0 Å². The van der Waals surface area contributed by atoms with Gasteiger partial charge in [0.25, 0.3) is 6.47 Å². The summed E-state index contributed by atoms with van der Waals surface area (Å²) >= 11 is 0. The first-order valence-corrected chi connectivity index (χ1v) is 6.10. The van der Waals surface area contributed by atoms with Crippen LogP contribution >= 0.6 is 0 Å². The molecule has 4 fully saturated rings. The molecule has 4 aliphatic rings. The third-order valence-corrected chi connectivity index (χ3v) is 4.84. The first-order valence-electron chi connectivity index (χ1n) is 6.10. The molecule has 3 nitrogen and oxygen atoms in total. The molecule has 0 heterocycles. The van der Waals surface area contributed by atoms with E-state index in [1.165, 1.54) is 0 Å². The minimum atomic E-state index is -3.44. The molecule has 0 amide bonds. The number of carbonyl (C=O) groups is 1. The van der Waals surface area contributed by atoms with E-state index in [4.69, 9.17) is 0 Å². The zero-order valence-electron chi connectivity index (χ0n) is 9.49. The summed E-state index contributed by atoms with van der Waals surface area (Å²) in [4.78, 5) is 10.2. The van der Waals surface area contributed by atoms with Crippen molar-refractivity contribution in [1.29, 1.82) is 0 Å². The van der Waals surface area contributed by atoms with Crippen LogP contribution in [0.5, 0.6) is 0 Å². The largest absolute Gasteiger partial charge is 0.405 e. The average molecular weight is 246 g/mol. The molecule has 17 heavy (non-hydrogen) atoms. The Morgan fingerprint density at radius 3 is 2.29 bits per heavy atom.